The van der Waals surface area contributed by atoms with Gasteiger partial charge in [-0.15, -0.1) is 0 Å². The van der Waals surface area contributed by atoms with Crippen LogP contribution >= 0.6 is 11.8 Å². The van der Waals surface area contributed by atoms with E-state index in [9.17, 15) is 19.6 Å². The summed E-state index contributed by atoms with van der Waals surface area (Å²) in [5.41, 5.74) is 0.843. The third-order valence-electron chi connectivity index (χ3n) is 3.70. The topological polar surface area (TPSA) is 105 Å². The van der Waals surface area contributed by atoms with Gasteiger partial charge >= 0.3 is 11.9 Å². The van der Waals surface area contributed by atoms with Crippen molar-refractivity contribution in [3.63, 3.8) is 0 Å². The minimum Gasteiger partial charge on any atom is -0.468 e. The number of rotatable bonds is 5. The van der Waals surface area contributed by atoms with E-state index in [0.717, 1.165) is 11.8 Å². The Labute approximate surface area is 149 Å². The Morgan fingerprint density at radius 3 is 2.48 bits per heavy atom. The highest BCUT2D eigenvalue weighted by Crippen LogP contribution is 2.39. The van der Waals surface area contributed by atoms with Gasteiger partial charge in [0.15, 0.2) is 0 Å². The molecule has 7 nitrogen and oxygen atoms in total. The van der Waals surface area contributed by atoms with Gasteiger partial charge in [-0.05, 0) is 5.56 Å². The minimum absolute atomic E-state index is 0.0678. The summed E-state index contributed by atoms with van der Waals surface area (Å²) in [5.74, 6) is -3.82. The van der Waals surface area contributed by atoms with E-state index in [0.29, 0.717) is 5.56 Å². The fourth-order valence-corrected chi connectivity index (χ4v) is 3.41. The maximum Gasteiger partial charge on any atom is 0.319 e. The molecule has 0 bridgehead atoms. The number of ether oxygens (including phenoxy) is 2. The fourth-order valence-electron chi connectivity index (χ4n) is 2.53. The maximum absolute atomic E-state index is 12.5. The molecule has 1 heterocycles. The first-order valence-corrected chi connectivity index (χ1v) is 8.29. The lowest BCUT2D eigenvalue weighted by Crippen LogP contribution is -2.44. The quantitative estimate of drug-likeness (QED) is 0.624. The molecule has 0 saturated heterocycles. The highest BCUT2D eigenvalue weighted by Gasteiger charge is 2.44. The largest absolute Gasteiger partial charge is 0.468 e. The molecular weight excluding hydrogens is 344 g/mol. The zero-order chi connectivity index (χ0) is 18.4. The summed E-state index contributed by atoms with van der Waals surface area (Å²) in [5, 5.41) is 12.4. The first-order chi connectivity index (χ1) is 12.0. The molecule has 0 fully saturated rings. The van der Waals surface area contributed by atoms with Crippen LogP contribution in [-0.4, -0.2) is 37.8 Å². The first-order valence-electron chi connectivity index (χ1n) is 7.31. The number of amides is 1. The molecule has 1 aromatic rings. The SMILES string of the molecule is COC(=O)CSC1=C(C#N)[C@H](c2ccccc2)[C@@H](C(=O)OC)C(=O)N1. The lowest BCUT2D eigenvalue weighted by molar-refractivity contribution is -0.150. The molecule has 1 N–H and O–H groups in total. The molecule has 1 amide bonds. The van der Waals surface area contributed by atoms with E-state index in [2.05, 4.69) is 16.1 Å². The Hall–Kier alpha value is -2.79. The molecule has 1 aliphatic heterocycles. The lowest BCUT2D eigenvalue weighted by atomic mass is 9.78. The second kappa shape index (κ2) is 8.35. The number of hydrogen-bond donors (Lipinski definition) is 1. The number of benzene rings is 1. The molecule has 0 radical (unpaired) electrons. The summed E-state index contributed by atoms with van der Waals surface area (Å²) >= 11 is 0.985. The van der Waals surface area contributed by atoms with Gasteiger partial charge in [-0.1, -0.05) is 42.1 Å². The van der Waals surface area contributed by atoms with E-state index in [-0.39, 0.29) is 16.4 Å². The maximum atomic E-state index is 12.5. The number of hydrogen-bond acceptors (Lipinski definition) is 7. The van der Waals surface area contributed by atoms with Crippen molar-refractivity contribution in [1.29, 1.82) is 5.26 Å². The number of allylic oxidation sites excluding steroid dienone is 1. The first kappa shape index (κ1) is 18.5. The minimum atomic E-state index is -1.18. The molecule has 8 heteroatoms. The van der Waals surface area contributed by atoms with E-state index in [4.69, 9.17) is 4.74 Å². The van der Waals surface area contributed by atoms with E-state index in [1.807, 2.05) is 0 Å². The smallest absolute Gasteiger partial charge is 0.319 e. The second-order valence-electron chi connectivity index (χ2n) is 5.10. The molecule has 0 aliphatic carbocycles. The number of methoxy groups -OCH3 is 2. The van der Waals surface area contributed by atoms with E-state index in [1.54, 1.807) is 30.3 Å². The van der Waals surface area contributed by atoms with Gasteiger partial charge in [0.1, 0.15) is 5.92 Å². The standard InChI is InChI=1S/C17H16N2O5S/c1-23-12(20)9-25-16-11(8-18)13(10-6-4-3-5-7-10)14(15(21)19-16)17(22)24-2/h3-7,13-14H,9H2,1-2H3,(H,19,21)/t13-,14+/m0/s1. The molecule has 130 valence electrons. The normalized spacial score (nSPS) is 19.6. The van der Waals surface area contributed by atoms with Crippen LogP contribution in [0.15, 0.2) is 40.9 Å². The van der Waals surface area contributed by atoms with E-state index < -0.39 is 29.7 Å². The Kier molecular flexibility index (Phi) is 6.19. The molecule has 0 saturated carbocycles. The van der Waals surface area contributed by atoms with Crippen molar-refractivity contribution in [3.05, 3.63) is 46.5 Å². The van der Waals surface area contributed by atoms with Gasteiger partial charge in [-0.2, -0.15) is 5.26 Å². The van der Waals surface area contributed by atoms with Crippen LogP contribution in [0.25, 0.3) is 0 Å². The Bertz CT molecular complexity index is 754. The third-order valence-corrected chi connectivity index (χ3v) is 4.70. The lowest BCUT2D eigenvalue weighted by Gasteiger charge is -2.30. The van der Waals surface area contributed by atoms with Crippen molar-refractivity contribution < 1.29 is 23.9 Å². The highest BCUT2D eigenvalue weighted by molar-refractivity contribution is 8.03. The van der Waals surface area contributed by atoms with E-state index in [1.165, 1.54) is 14.2 Å². The average molecular weight is 360 g/mol. The number of carbonyl (C=O) groups is 3. The summed E-state index contributed by atoms with van der Waals surface area (Å²) < 4.78 is 9.32. The molecule has 0 aromatic heterocycles. The van der Waals surface area contributed by atoms with Crippen molar-refractivity contribution in [1.82, 2.24) is 5.32 Å². The number of carbonyl (C=O) groups excluding carboxylic acids is 3. The second-order valence-corrected chi connectivity index (χ2v) is 6.08. The average Bonchev–Trinajstić information content (AvgIpc) is 2.65. The molecule has 2 atom stereocenters. The van der Waals surface area contributed by atoms with Crippen molar-refractivity contribution in [2.24, 2.45) is 5.92 Å². The van der Waals surface area contributed by atoms with Gasteiger partial charge in [-0.25, -0.2) is 0 Å². The summed E-state index contributed by atoms with van der Waals surface area (Å²) in [4.78, 5) is 36.0. The van der Waals surface area contributed by atoms with Crippen LogP contribution < -0.4 is 5.32 Å². The predicted molar refractivity (Wildman–Crippen MR) is 89.9 cm³/mol. The zero-order valence-electron chi connectivity index (χ0n) is 13.6. The fraction of sp³-hybridized carbons (Fsp3) is 0.294. The predicted octanol–water partition coefficient (Wildman–Crippen LogP) is 1.33. The third kappa shape index (κ3) is 4.00. The van der Waals surface area contributed by atoms with Crippen molar-refractivity contribution in [2.75, 3.05) is 20.0 Å². The number of thioether (sulfide) groups is 1. The Balaban J connectivity index is 2.51. The highest BCUT2D eigenvalue weighted by atomic mass is 32.2. The molecule has 2 rings (SSSR count). The summed E-state index contributed by atoms with van der Waals surface area (Å²) in [6, 6.07) is 10.8. The molecule has 25 heavy (non-hydrogen) atoms. The van der Waals surface area contributed by atoms with Crippen LogP contribution in [0.1, 0.15) is 11.5 Å². The number of nitrogens with zero attached hydrogens (tertiary/aromatic N) is 1. The molecule has 1 aromatic carbocycles. The van der Waals surface area contributed by atoms with Crippen molar-refractivity contribution >= 4 is 29.6 Å². The van der Waals surface area contributed by atoms with Crippen LogP contribution in [0.3, 0.4) is 0 Å². The molecular formula is C17H16N2O5S. The summed E-state index contributed by atoms with van der Waals surface area (Å²) in [6.07, 6.45) is 0. The van der Waals surface area contributed by atoms with Crippen molar-refractivity contribution in [3.8, 4) is 6.07 Å². The van der Waals surface area contributed by atoms with Crippen LogP contribution in [0.2, 0.25) is 0 Å². The molecule has 0 spiro atoms. The molecule has 0 unspecified atom stereocenters. The van der Waals surface area contributed by atoms with Gasteiger partial charge < -0.3 is 14.8 Å². The van der Waals surface area contributed by atoms with Gasteiger partial charge in [0.25, 0.3) is 0 Å². The van der Waals surface area contributed by atoms with E-state index >= 15 is 0 Å². The Morgan fingerprint density at radius 2 is 1.92 bits per heavy atom. The van der Waals surface area contributed by atoms with Crippen LogP contribution in [0.4, 0.5) is 0 Å². The van der Waals surface area contributed by atoms with Crippen LogP contribution in [-0.2, 0) is 23.9 Å². The van der Waals surface area contributed by atoms with Crippen LogP contribution in [0, 0.1) is 17.2 Å². The number of nitriles is 1. The van der Waals surface area contributed by atoms with Gasteiger partial charge in [-0.3, -0.25) is 14.4 Å². The Morgan fingerprint density at radius 1 is 1.24 bits per heavy atom. The zero-order valence-corrected chi connectivity index (χ0v) is 14.5. The van der Waals surface area contributed by atoms with Gasteiger partial charge in [0.05, 0.1) is 36.6 Å². The van der Waals surface area contributed by atoms with Crippen LogP contribution in [0.5, 0.6) is 0 Å². The van der Waals surface area contributed by atoms with Gasteiger partial charge in [0.2, 0.25) is 5.91 Å². The van der Waals surface area contributed by atoms with Gasteiger partial charge in [0, 0.05) is 5.92 Å². The summed E-state index contributed by atoms with van der Waals surface area (Å²) in [6.45, 7) is 0. The summed E-state index contributed by atoms with van der Waals surface area (Å²) in [7, 11) is 2.44. The monoisotopic (exact) mass is 360 g/mol. The molecule has 1 aliphatic rings. The van der Waals surface area contributed by atoms with Crippen molar-refractivity contribution in [2.45, 2.75) is 5.92 Å². The number of nitrogens with one attached hydrogen (secondary N) is 1. The number of esters is 2.